The third kappa shape index (κ3) is 4.81. The molecule has 0 saturated carbocycles. The minimum absolute atomic E-state index is 0.0934. The summed E-state index contributed by atoms with van der Waals surface area (Å²) in [5.74, 6) is 0.927. The molecule has 0 aliphatic heterocycles. The maximum atomic E-state index is 12.0. The van der Waals surface area contributed by atoms with Crippen LogP contribution in [0.15, 0.2) is 71.8 Å². The van der Waals surface area contributed by atoms with Crippen molar-refractivity contribution in [3.8, 4) is 17.0 Å². The minimum atomic E-state index is -0.0934. The largest absolute Gasteiger partial charge is 0.497 e. The molecule has 1 amide bonds. The number of aromatic nitrogens is 2. The SMILES string of the molecule is COc1ccc(NC(=O)CSc2ccc(-c3ccccc3)nn2)cc1. The van der Waals surface area contributed by atoms with Gasteiger partial charge in [0.25, 0.3) is 0 Å². The number of amides is 1. The average Bonchev–Trinajstić information content (AvgIpc) is 2.68. The predicted molar refractivity (Wildman–Crippen MR) is 99.8 cm³/mol. The van der Waals surface area contributed by atoms with E-state index in [1.165, 1.54) is 11.8 Å². The lowest BCUT2D eigenvalue weighted by Gasteiger charge is -2.06. The third-order valence-corrected chi connectivity index (χ3v) is 4.35. The number of rotatable bonds is 6. The fourth-order valence-corrected chi connectivity index (χ4v) is 2.78. The smallest absolute Gasteiger partial charge is 0.234 e. The highest BCUT2D eigenvalue weighted by atomic mass is 32.2. The molecule has 6 heteroatoms. The van der Waals surface area contributed by atoms with E-state index in [9.17, 15) is 4.79 Å². The van der Waals surface area contributed by atoms with E-state index in [1.54, 1.807) is 31.4 Å². The van der Waals surface area contributed by atoms with Crippen LogP contribution in [0.1, 0.15) is 0 Å². The molecule has 2 aromatic carbocycles. The number of nitrogens with zero attached hydrogens (tertiary/aromatic N) is 2. The van der Waals surface area contributed by atoms with Gasteiger partial charge in [0.05, 0.1) is 18.6 Å². The van der Waals surface area contributed by atoms with Gasteiger partial charge in [-0.2, -0.15) is 0 Å². The first-order chi connectivity index (χ1) is 12.2. The minimum Gasteiger partial charge on any atom is -0.497 e. The van der Waals surface area contributed by atoms with Gasteiger partial charge >= 0.3 is 0 Å². The summed E-state index contributed by atoms with van der Waals surface area (Å²) in [7, 11) is 1.61. The second kappa shape index (κ2) is 8.30. The molecule has 0 aliphatic carbocycles. The average molecular weight is 351 g/mol. The maximum Gasteiger partial charge on any atom is 0.234 e. The molecular formula is C19H17N3O2S. The quantitative estimate of drug-likeness (QED) is 0.683. The Labute approximate surface area is 150 Å². The van der Waals surface area contributed by atoms with Crippen LogP contribution >= 0.6 is 11.8 Å². The van der Waals surface area contributed by atoms with Crippen LogP contribution in [0, 0.1) is 0 Å². The Morgan fingerprint density at radius 3 is 2.40 bits per heavy atom. The molecule has 3 rings (SSSR count). The zero-order chi connectivity index (χ0) is 17.5. The number of thioether (sulfide) groups is 1. The molecule has 0 spiro atoms. The molecule has 25 heavy (non-hydrogen) atoms. The Hall–Kier alpha value is -2.86. The van der Waals surface area contributed by atoms with Gasteiger partial charge in [0.2, 0.25) is 5.91 Å². The lowest BCUT2D eigenvalue weighted by molar-refractivity contribution is -0.113. The first-order valence-electron chi connectivity index (χ1n) is 7.70. The highest BCUT2D eigenvalue weighted by Crippen LogP contribution is 2.20. The Morgan fingerprint density at radius 2 is 1.76 bits per heavy atom. The molecule has 0 radical (unpaired) electrons. The summed E-state index contributed by atoms with van der Waals surface area (Å²) < 4.78 is 5.09. The summed E-state index contributed by atoms with van der Waals surface area (Å²) in [5.41, 5.74) is 2.56. The van der Waals surface area contributed by atoms with Crippen LogP contribution in [0.2, 0.25) is 0 Å². The number of hydrogen-bond acceptors (Lipinski definition) is 5. The molecule has 0 fully saturated rings. The number of nitrogens with one attached hydrogen (secondary N) is 1. The maximum absolute atomic E-state index is 12.0. The van der Waals surface area contributed by atoms with Crippen molar-refractivity contribution in [3.63, 3.8) is 0 Å². The molecule has 0 unspecified atom stereocenters. The Morgan fingerprint density at radius 1 is 1.00 bits per heavy atom. The van der Waals surface area contributed by atoms with Gasteiger partial charge in [-0.3, -0.25) is 4.79 Å². The molecule has 5 nitrogen and oxygen atoms in total. The number of carbonyl (C=O) groups is 1. The molecule has 0 saturated heterocycles. The number of methoxy groups -OCH3 is 1. The van der Waals surface area contributed by atoms with E-state index in [0.717, 1.165) is 22.7 Å². The van der Waals surface area contributed by atoms with E-state index in [-0.39, 0.29) is 11.7 Å². The Bertz CT molecular complexity index is 822. The zero-order valence-electron chi connectivity index (χ0n) is 13.7. The summed E-state index contributed by atoms with van der Waals surface area (Å²) in [6, 6.07) is 20.8. The lowest BCUT2D eigenvalue weighted by Crippen LogP contribution is -2.14. The number of ether oxygens (including phenoxy) is 1. The molecule has 126 valence electrons. The Kier molecular flexibility index (Phi) is 5.64. The van der Waals surface area contributed by atoms with E-state index in [1.807, 2.05) is 42.5 Å². The fraction of sp³-hybridized carbons (Fsp3) is 0.105. The van der Waals surface area contributed by atoms with Crippen molar-refractivity contribution in [2.75, 3.05) is 18.2 Å². The normalized spacial score (nSPS) is 10.3. The van der Waals surface area contributed by atoms with Crippen LogP contribution in [0.25, 0.3) is 11.3 Å². The van der Waals surface area contributed by atoms with Gasteiger partial charge in [-0.1, -0.05) is 42.1 Å². The van der Waals surface area contributed by atoms with Crippen molar-refractivity contribution in [2.24, 2.45) is 0 Å². The van der Waals surface area contributed by atoms with Crippen molar-refractivity contribution >= 4 is 23.4 Å². The second-order valence-electron chi connectivity index (χ2n) is 5.19. The standard InChI is InChI=1S/C19H17N3O2S/c1-24-16-9-7-15(8-10-16)20-18(23)13-25-19-12-11-17(21-22-19)14-5-3-2-4-6-14/h2-12H,13H2,1H3,(H,20,23). The molecule has 1 heterocycles. The van der Waals surface area contributed by atoms with Gasteiger partial charge in [-0.15, -0.1) is 10.2 Å². The van der Waals surface area contributed by atoms with Gasteiger partial charge in [-0.25, -0.2) is 0 Å². The summed E-state index contributed by atoms with van der Waals surface area (Å²) >= 11 is 1.35. The molecule has 0 bridgehead atoms. The number of carbonyl (C=O) groups excluding carboxylic acids is 1. The van der Waals surface area contributed by atoms with Crippen molar-refractivity contribution < 1.29 is 9.53 Å². The second-order valence-corrected chi connectivity index (χ2v) is 6.18. The van der Waals surface area contributed by atoms with Crippen molar-refractivity contribution in [1.29, 1.82) is 0 Å². The van der Waals surface area contributed by atoms with Gasteiger partial charge < -0.3 is 10.1 Å². The summed E-state index contributed by atoms with van der Waals surface area (Å²) in [4.78, 5) is 12.0. The van der Waals surface area contributed by atoms with Crippen LogP contribution < -0.4 is 10.1 Å². The topological polar surface area (TPSA) is 64.1 Å². The van der Waals surface area contributed by atoms with Crippen molar-refractivity contribution in [3.05, 3.63) is 66.7 Å². The van der Waals surface area contributed by atoms with Gasteiger partial charge in [-0.05, 0) is 36.4 Å². The summed E-state index contributed by atoms with van der Waals surface area (Å²) in [5, 5.41) is 11.9. The van der Waals surface area contributed by atoms with Crippen LogP contribution in [0.3, 0.4) is 0 Å². The first-order valence-corrected chi connectivity index (χ1v) is 8.69. The number of benzene rings is 2. The lowest BCUT2D eigenvalue weighted by atomic mass is 10.1. The summed E-state index contributed by atoms with van der Waals surface area (Å²) in [6.07, 6.45) is 0. The molecule has 1 aromatic heterocycles. The van der Waals surface area contributed by atoms with E-state index >= 15 is 0 Å². The third-order valence-electron chi connectivity index (χ3n) is 3.43. The fourth-order valence-electron chi connectivity index (χ4n) is 2.17. The number of hydrogen-bond donors (Lipinski definition) is 1. The highest BCUT2D eigenvalue weighted by Gasteiger charge is 2.06. The van der Waals surface area contributed by atoms with E-state index in [2.05, 4.69) is 15.5 Å². The Balaban J connectivity index is 1.53. The first kappa shape index (κ1) is 17.0. The predicted octanol–water partition coefficient (Wildman–Crippen LogP) is 3.88. The van der Waals surface area contributed by atoms with E-state index < -0.39 is 0 Å². The number of anilines is 1. The molecule has 0 aliphatic rings. The molecular weight excluding hydrogens is 334 g/mol. The van der Waals surface area contributed by atoms with Crippen molar-refractivity contribution in [1.82, 2.24) is 10.2 Å². The summed E-state index contributed by atoms with van der Waals surface area (Å²) in [6.45, 7) is 0. The van der Waals surface area contributed by atoms with Gasteiger partial charge in [0.15, 0.2) is 0 Å². The van der Waals surface area contributed by atoms with Crippen LogP contribution in [-0.4, -0.2) is 29.0 Å². The van der Waals surface area contributed by atoms with Crippen LogP contribution in [0.4, 0.5) is 5.69 Å². The van der Waals surface area contributed by atoms with E-state index in [0.29, 0.717) is 5.03 Å². The van der Waals surface area contributed by atoms with E-state index in [4.69, 9.17) is 4.74 Å². The van der Waals surface area contributed by atoms with Gasteiger partial charge in [0.1, 0.15) is 10.8 Å². The zero-order valence-corrected chi connectivity index (χ0v) is 14.5. The molecule has 0 atom stereocenters. The highest BCUT2D eigenvalue weighted by molar-refractivity contribution is 7.99. The molecule has 1 N–H and O–H groups in total. The van der Waals surface area contributed by atoms with Crippen molar-refractivity contribution in [2.45, 2.75) is 5.03 Å². The monoisotopic (exact) mass is 351 g/mol. The van der Waals surface area contributed by atoms with Gasteiger partial charge in [0, 0.05) is 11.3 Å². The van der Waals surface area contributed by atoms with Crippen LogP contribution in [0.5, 0.6) is 5.75 Å². The molecule has 3 aromatic rings. The van der Waals surface area contributed by atoms with Crippen LogP contribution in [-0.2, 0) is 4.79 Å².